The molecule has 214 valence electrons. The summed E-state index contributed by atoms with van der Waals surface area (Å²) in [5.74, 6) is -1.25. The fourth-order valence-electron chi connectivity index (χ4n) is 5.15. The van der Waals surface area contributed by atoms with Gasteiger partial charge in [-0.05, 0) is 62.2 Å². The molecule has 2 N–H and O–H groups in total. The standard InChI is InChI=1S/C33H36Cl2N4O2/c1-6-7-20-39-21(2)29(32(40)36-27-14-10-8-12-25(27)34)31(23-16-18-24(19-17-23)38(4)5)30(22(39)3)33(41)37-28-15-11-9-13-26(28)35/h8-19,31H,6-7,20H2,1-5H3,(H,36,40)(H,37,41). The normalized spacial score (nSPS) is 13.9. The van der Waals surface area contributed by atoms with Gasteiger partial charge < -0.3 is 20.4 Å². The lowest BCUT2D eigenvalue weighted by Gasteiger charge is -2.39. The second-order valence-electron chi connectivity index (χ2n) is 10.3. The fourth-order valence-corrected chi connectivity index (χ4v) is 5.52. The average molecular weight is 592 g/mol. The number of nitrogens with one attached hydrogen (secondary N) is 2. The van der Waals surface area contributed by atoms with E-state index in [0.29, 0.717) is 39.1 Å². The molecule has 3 aromatic rings. The van der Waals surface area contributed by atoms with Crippen LogP contribution in [0.25, 0.3) is 0 Å². The summed E-state index contributed by atoms with van der Waals surface area (Å²) in [5, 5.41) is 6.90. The number of hydrogen-bond donors (Lipinski definition) is 2. The Hall–Kier alpha value is -3.74. The number of nitrogens with zero attached hydrogens (tertiary/aromatic N) is 2. The van der Waals surface area contributed by atoms with Crippen molar-refractivity contribution in [2.45, 2.75) is 39.5 Å². The molecule has 1 aliphatic heterocycles. The average Bonchev–Trinajstić information content (AvgIpc) is 2.95. The zero-order chi connectivity index (χ0) is 29.7. The topological polar surface area (TPSA) is 64.7 Å². The number of halogens is 2. The third-order valence-corrected chi connectivity index (χ3v) is 8.04. The van der Waals surface area contributed by atoms with Gasteiger partial charge in [0.15, 0.2) is 0 Å². The van der Waals surface area contributed by atoms with Crippen molar-refractivity contribution in [1.82, 2.24) is 4.90 Å². The first-order valence-electron chi connectivity index (χ1n) is 13.7. The summed E-state index contributed by atoms with van der Waals surface area (Å²) < 4.78 is 0. The molecule has 0 saturated heterocycles. The van der Waals surface area contributed by atoms with Gasteiger partial charge in [0.25, 0.3) is 11.8 Å². The molecule has 4 rings (SSSR count). The van der Waals surface area contributed by atoms with Gasteiger partial charge in [-0.3, -0.25) is 9.59 Å². The van der Waals surface area contributed by atoms with Gasteiger partial charge in [-0.2, -0.15) is 0 Å². The summed E-state index contributed by atoms with van der Waals surface area (Å²) in [6.07, 6.45) is 1.87. The van der Waals surface area contributed by atoms with E-state index in [1.807, 2.05) is 81.4 Å². The number of carbonyl (C=O) groups is 2. The SMILES string of the molecule is CCCCN1C(C)=C(C(=O)Nc2ccccc2Cl)C(c2ccc(N(C)C)cc2)C(C(=O)Nc2ccccc2Cl)=C1C. The van der Waals surface area contributed by atoms with Crippen molar-refractivity contribution in [2.24, 2.45) is 0 Å². The predicted octanol–water partition coefficient (Wildman–Crippen LogP) is 8.08. The zero-order valence-electron chi connectivity index (χ0n) is 24.1. The quantitative estimate of drug-likeness (QED) is 0.264. The molecule has 41 heavy (non-hydrogen) atoms. The van der Waals surface area contributed by atoms with Gasteiger partial charge in [0, 0.05) is 54.8 Å². The maximum atomic E-state index is 14.2. The Balaban J connectivity index is 1.89. The van der Waals surface area contributed by atoms with Gasteiger partial charge in [-0.15, -0.1) is 0 Å². The number of allylic oxidation sites excluding steroid dienone is 2. The first kappa shape index (κ1) is 30.2. The van der Waals surface area contributed by atoms with Crippen LogP contribution in [0.2, 0.25) is 10.0 Å². The Bertz CT molecular complexity index is 1410. The van der Waals surface area contributed by atoms with E-state index in [9.17, 15) is 9.59 Å². The smallest absolute Gasteiger partial charge is 0.254 e. The van der Waals surface area contributed by atoms with Crippen LogP contribution < -0.4 is 15.5 Å². The summed E-state index contributed by atoms with van der Waals surface area (Å²) in [7, 11) is 3.94. The lowest BCUT2D eigenvalue weighted by molar-refractivity contribution is -0.113. The van der Waals surface area contributed by atoms with Gasteiger partial charge in [-0.25, -0.2) is 0 Å². The van der Waals surface area contributed by atoms with Crippen LogP contribution in [-0.2, 0) is 9.59 Å². The van der Waals surface area contributed by atoms with Crippen LogP contribution in [0.1, 0.15) is 45.1 Å². The highest BCUT2D eigenvalue weighted by Crippen LogP contribution is 2.43. The molecule has 0 aliphatic carbocycles. The van der Waals surface area contributed by atoms with Crippen molar-refractivity contribution < 1.29 is 9.59 Å². The molecular formula is C33H36Cl2N4O2. The minimum Gasteiger partial charge on any atom is -0.378 e. The number of amides is 2. The molecular weight excluding hydrogens is 555 g/mol. The molecule has 3 aromatic carbocycles. The number of rotatable bonds is 9. The molecule has 1 heterocycles. The summed E-state index contributed by atoms with van der Waals surface area (Å²) in [6, 6.07) is 22.2. The molecule has 2 amide bonds. The number of carbonyl (C=O) groups excluding carboxylic acids is 2. The maximum Gasteiger partial charge on any atom is 0.254 e. The Kier molecular flexibility index (Phi) is 9.79. The van der Waals surface area contributed by atoms with E-state index in [1.165, 1.54) is 0 Å². The highest BCUT2D eigenvalue weighted by molar-refractivity contribution is 6.34. The summed E-state index contributed by atoms with van der Waals surface area (Å²) >= 11 is 12.8. The van der Waals surface area contributed by atoms with Crippen LogP contribution >= 0.6 is 23.2 Å². The van der Waals surface area contributed by atoms with Crippen molar-refractivity contribution in [2.75, 3.05) is 36.2 Å². The lowest BCUT2D eigenvalue weighted by atomic mass is 9.78. The number of benzene rings is 3. The molecule has 0 fully saturated rings. The van der Waals surface area contributed by atoms with E-state index in [0.717, 1.165) is 35.5 Å². The molecule has 0 unspecified atom stereocenters. The number of anilines is 3. The number of hydrogen-bond acceptors (Lipinski definition) is 4. The molecule has 0 atom stereocenters. The van der Waals surface area contributed by atoms with E-state index in [2.05, 4.69) is 22.5 Å². The Morgan fingerprint density at radius 1 is 0.780 bits per heavy atom. The van der Waals surface area contributed by atoms with Crippen LogP contribution in [0.3, 0.4) is 0 Å². The van der Waals surface area contributed by atoms with E-state index >= 15 is 0 Å². The highest BCUT2D eigenvalue weighted by Gasteiger charge is 2.39. The van der Waals surface area contributed by atoms with Crippen molar-refractivity contribution >= 4 is 52.1 Å². The van der Waals surface area contributed by atoms with Crippen LogP contribution in [0.4, 0.5) is 17.1 Å². The minimum absolute atomic E-state index is 0.311. The van der Waals surface area contributed by atoms with Gasteiger partial charge in [0.2, 0.25) is 0 Å². The minimum atomic E-state index is -0.630. The summed E-state index contributed by atoms with van der Waals surface area (Å²) in [4.78, 5) is 32.4. The molecule has 0 radical (unpaired) electrons. The van der Waals surface area contributed by atoms with Crippen LogP contribution in [-0.4, -0.2) is 37.4 Å². The number of para-hydroxylation sites is 2. The third-order valence-electron chi connectivity index (χ3n) is 7.38. The van der Waals surface area contributed by atoms with Gasteiger partial charge in [0.1, 0.15) is 0 Å². The van der Waals surface area contributed by atoms with Gasteiger partial charge >= 0.3 is 0 Å². The van der Waals surface area contributed by atoms with E-state index in [1.54, 1.807) is 24.3 Å². The molecule has 0 spiro atoms. The molecule has 8 heteroatoms. The Labute approximate surface area is 252 Å². The highest BCUT2D eigenvalue weighted by atomic mass is 35.5. The largest absolute Gasteiger partial charge is 0.378 e. The zero-order valence-corrected chi connectivity index (χ0v) is 25.6. The van der Waals surface area contributed by atoms with Crippen LogP contribution in [0.5, 0.6) is 0 Å². The third kappa shape index (κ3) is 6.61. The van der Waals surface area contributed by atoms with Crippen LogP contribution in [0.15, 0.2) is 95.3 Å². The summed E-state index contributed by atoms with van der Waals surface area (Å²) in [5.41, 5.74) is 5.46. The lowest BCUT2D eigenvalue weighted by Crippen LogP contribution is -2.37. The van der Waals surface area contributed by atoms with E-state index in [4.69, 9.17) is 23.2 Å². The fraction of sp³-hybridized carbons (Fsp3) is 0.273. The first-order chi connectivity index (χ1) is 19.6. The maximum absolute atomic E-state index is 14.2. The van der Waals surface area contributed by atoms with Crippen LogP contribution in [0, 0.1) is 0 Å². The van der Waals surface area contributed by atoms with Crippen molar-refractivity contribution in [3.8, 4) is 0 Å². The Morgan fingerprint density at radius 2 is 1.24 bits per heavy atom. The second-order valence-corrected chi connectivity index (χ2v) is 11.1. The summed E-state index contributed by atoms with van der Waals surface area (Å²) in [6.45, 7) is 6.69. The van der Waals surface area contributed by atoms with Crippen molar-refractivity contribution in [3.05, 3.63) is 111 Å². The molecule has 0 bridgehead atoms. The number of unbranched alkanes of at least 4 members (excludes halogenated alkanes) is 1. The van der Waals surface area contributed by atoms with Crippen molar-refractivity contribution in [3.63, 3.8) is 0 Å². The molecule has 6 nitrogen and oxygen atoms in total. The first-order valence-corrected chi connectivity index (χ1v) is 14.5. The molecule has 0 saturated carbocycles. The predicted molar refractivity (Wildman–Crippen MR) is 171 cm³/mol. The van der Waals surface area contributed by atoms with Gasteiger partial charge in [-0.1, -0.05) is 72.9 Å². The van der Waals surface area contributed by atoms with Gasteiger partial charge in [0.05, 0.1) is 21.4 Å². The van der Waals surface area contributed by atoms with E-state index < -0.39 is 5.92 Å². The molecule has 0 aromatic heterocycles. The molecule has 1 aliphatic rings. The second kappa shape index (κ2) is 13.3. The van der Waals surface area contributed by atoms with Crippen molar-refractivity contribution in [1.29, 1.82) is 0 Å². The van der Waals surface area contributed by atoms with E-state index in [-0.39, 0.29) is 11.8 Å². The monoisotopic (exact) mass is 590 g/mol. The Morgan fingerprint density at radius 3 is 1.66 bits per heavy atom.